The van der Waals surface area contributed by atoms with Gasteiger partial charge in [0.2, 0.25) is 0 Å². The Bertz CT molecular complexity index is 430. The van der Waals surface area contributed by atoms with Crippen LogP contribution in [0.15, 0.2) is 18.3 Å². The van der Waals surface area contributed by atoms with Crippen molar-refractivity contribution in [2.75, 3.05) is 38.0 Å². The fourth-order valence-corrected chi connectivity index (χ4v) is 2.46. The molecule has 1 aliphatic heterocycles. The molecule has 2 heterocycles. The summed E-state index contributed by atoms with van der Waals surface area (Å²) in [6.45, 7) is 7.04. The number of hydrogen-bond donors (Lipinski definition) is 2. The zero-order valence-electron chi connectivity index (χ0n) is 12.2. The molecule has 2 N–H and O–H groups in total. The molecule has 0 aliphatic carbocycles. The molecule has 1 amide bonds. The average molecular weight is 276 g/mol. The molecule has 0 atom stereocenters. The van der Waals surface area contributed by atoms with Crippen LogP contribution in [0.1, 0.15) is 36.5 Å². The van der Waals surface area contributed by atoms with Crippen LogP contribution in [0.5, 0.6) is 0 Å². The molecule has 5 heteroatoms. The Hall–Kier alpha value is -1.62. The molecule has 20 heavy (non-hydrogen) atoms. The average Bonchev–Trinajstić information content (AvgIpc) is 2.97. The minimum Gasteiger partial charge on any atom is -0.370 e. The molecule has 1 aromatic rings. The standard InChI is InChI=1S/C15H24N4O/c1-2-16-14-12-13(6-8-17-14)15(20)18-7-5-11-19-9-3-4-10-19/h6,8,12H,2-5,7,9-11H2,1H3,(H,16,17)(H,18,20). The van der Waals surface area contributed by atoms with Gasteiger partial charge in [0.15, 0.2) is 0 Å². The van der Waals surface area contributed by atoms with Crippen LogP contribution >= 0.6 is 0 Å². The highest BCUT2D eigenvalue weighted by atomic mass is 16.1. The van der Waals surface area contributed by atoms with E-state index in [9.17, 15) is 4.79 Å². The third kappa shape index (κ3) is 4.49. The summed E-state index contributed by atoms with van der Waals surface area (Å²) in [6, 6.07) is 3.54. The van der Waals surface area contributed by atoms with Gasteiger partial charge < -0.3 is 15.5 Å². The van der Waals surface area contributed by atoms with Crippen molar-refractivity contribution in [1.29, 1.82) is 0 Å². The number of nitrogens with one attached hydrogen (secondary N) is 2. The predicted molar refractivity (Wildman–Crippen MR) is 81.0 cm³/mol. The fraction of sp³-hybridized carbons (Fsp3) is 0.600. The van der Waals surface area contributed by atoms with Crippen molar-refractivity contribution in [2.24, 2.45) is 0 Å². The van der Waals surface area contributed by atoms with E-state index in [1.165, 1.54) is 25.9 Å². The van der Waals surface area contributed by atoms with E-state index >= 15 is 0 Å². The van der Waals surface area contributed by atoms with E-state index in [0.717, 1.165) is 31.9 Å². The number of aromatic nitrogens is 1. The third-order valence-corrected chi connectivity index (χ3v) is 3.52. The Balaban J connectivity index is 1.72. The first-order valence-electron chi connectivity index (χ1n) is 7.50. The summed E-state index contributed by atoms with van der Waals surface area (Å²) in [4.78, 5) is 18.6. The summed E-state index contributed by atoms with van der Waals surface area (Å²) in [6.07, 6.45) is 5.31. The van der Waals surface area contributed by atoms with Gasteiger partial charge in [0.1, 0.15) is 5.82 Å². The molecule has 0 radical (unpaired) electrons. The van der Waals surface area contributed by atoms with Gasteiger partial charge in [-0.05, 0) is 58.0 Å². The number of carbonyl (C=O) groups is 1. The summed E-state index contributed by atoms with van der Waals surface area (Å²) < 4.78 is 0. The van der Waals surface area contributed by atoms with Crippen LogP contribution in [0.4, 0.5) is 5.82 Å². The molecule has 0 spiro atoms. The van der Waals surface area contributed by atoms with Gasteiger partial charge in [-0.2, -0.15) is 0 Å². The topological polar surface area (TPSA) is 57.3 Å². The highest BCUT2D eigenvalue weighted by Gasteiger charge is 2.11. The predicted octanol–water partition coefficient (Wildman–Crippen LogP) is 1.73. The van der Waals surface area contributed by atoms with Gasteiger partial charge in [-0.3, -0.25) is 4.79 Å². The maximum absolute atomic E-state index is 12.0. The Morgan fingerprint density at radius 3 is 2.95 bits per heavy atom. The highest BCUT2D eigenvalue weighted by Crippen LogP contribution is 2.08. The van der Waals surface area contributed by atoms with Gasteiger partial charge in [-0.15, -0.1) is 0 Å². The molecule has 1 saturated heterocycles. The number of amides is 1. The maximum Gasteiger partial charge on any atom is 0.251 e. The van der Waals surface area contributed by atoms with Gasteiger partial charge in [0, 0.05) is 24.8 Å². The van der Waals surface area contributed by atoms with E-state index in [1.54, 1.807) is 18.3 Å². The second-order valence-electron chi connectivity index (χ2n) is 5.12. The van der Waals surface area contributed by atoms with E-state index in [2.05, 4.69) is 20.5 Å². The number of nitrogens with zero attached hydrogens (tertiary/aromatic N) is 2. The lowest BCUT2D eigenvalue weighted by Gasteiger charge is -2.14. The number of likely N-dealkylation sites (tertiary alicyclic amines) is 1. The van der Waals surface area contributed by atoms with Crippen LogP contribution in [-0.2, 0) is 0 Å². The second-order valence-corrected chi connectivity index (χ2v) is 5.12. The fourth-order valence-electron chi connectivity index (χ4n) is 2.46. The van der Waals surface area contributed by atoms with E-state index < -0.39 is 0 Å². The van der Waals surface area contributed by atoms with Crippen LogP contribution in [-0.4, -0.2) is 48.5 Å². The lowest BCUT2D eigenvalue weighted by atomic mass is 10.2. The first kappa shape index (κ1) is 14.8. The molecule has 110 valence electrons. The van der Waals surface area contributed by atoms with E-state index in [-0.39, 0.29) is 5.91 Å². The lowest BCUT2D eigenvalue weighted by Crippen LogP contribution is -2.28. The van der Waals surface area contributed by atoms with E-state index in [0.29, 0.717) is 5.56 Å². The maximum atomic E-state index is 12.0. The zero-order valence-corrected chi connectivity index (χ0v) is 12.2. The van der Waals surface area contributed by atoms with Crippen molar-refractivity contribution in [1.82, 2.24) is 15.2 Å². The minimum absolute atomic E-state index is 0.0204. The van der Waals surface area contributed by atoms with Crippen molar-refractivity contribution in [2.45, 2.75) is 26.2 Å². The first-order chi connectivity index (χ1) is 9.79. The molecular formula is C15H24N4O. The van der Waals surface area contributed by atoms with Crippen LogP contribution in [0.3, 0.4) is 0 Å². The molecule has 1 aliphatic rings. The van der Waals surface area contributed by atoms with E-state index in [4.69, 9.17) is 0 Å². The Morgan fingerprint density at radius 2 is 2.20 bits per heavy atom. The quantitative estimate of drug-likeness (QED) is 0.745. The molecule has 1 aromatic heterocycles. The van der Waals surface area contributed by atoms with Gasteiger partial charge in [-0.25, -0.2) is 4.98 Å². The van der Waals surface area contributed by atoms with Crippen molar-refractivity contribution in [3.05, 3.63) is 23.9 Å². The van der Waals surface area contributed by atoms with Crippen molar-refractivity contribution in [3.8, 4) is 0 Å². The number of anilines is 1. The van der Waals surface area contributed by atoms with Gasteiger partial charge in [-0.1, -0.05) is 0 Å². The molecule has 0 unspecified atom stereocenters. The minimum atomic E-state index is -0.0204. The van der Waals surface area contributed by atoms with Gasteiger partial charge >= 0.3 is 0 Å². The van der Waals surface area contributed by atoms with Crippen LogP contribution in [0.2, 0.25) is 0 Å². The van der Waals surface area contributed by atoms with Gasteiger partial charge in [0.25, 0.3) is 5.91 Å². The summed E-state index contributed by atoms with van der Waals surface area (Å²) in [5, 5.41) is 6.08. The van der Waals surface area contributed by atoms with Crippen molar-refractivity contribution < 1.29 is 4.79 Å². The zero-order chi connectivity index (χ0) is 14.2. The smallest absolute Gasteiger partial charge is 0.251 e. The van der Waals surface area contributed by atoms with Crippen molar-refractivity contribution >= 4 is 11.7 Å². The third-order valence-electron chi connectivity index (χ3n) is 3.52. The summed E-state index contributed by atoms with van der Waals surface area (Å²) >= 11 is 0. The van der Waals surface area contributed by atoms with Crippen LogP contribution < -0.4 is 10.6 Å². The van der Waals surface area contributed by atoms with Crippen molar-refractivity contribution in [3.63, 3.8) is 0 Å². The van der Waals surface area contributed by atoms with Crippen LogP contribution in [0.25, 0.3) is 0 Å². The first-order valence-corrected chi connectivity index (χ1v) is 7.50. The Morgan fingerprint density at radius 1 is 1.40 bits per heavy atom. The molecule has 0 aromatic carbocycles. The molecule has 1 fully saturated rings. The largest absolute Gasteiger partial charge is 0.370 e. The van der Waals surface area contributed by atoms with Crippen LogP contribution in [0, 0.1) is 0 Å². The van der Waals surface area contributed by atoms with E-state index in [1.807, 2.05) is 6.92 Å². The SMILES string of the molecule is CCNc1cc(C(=O)NCCCN2CCCC2)ccn1. The normalized spacial score (nSPS) is 15.2. The summed E-state index contributed by atoms with van der Waals surface area (Å²) in [7, 11) is 0. The Labute approximate surface area is 120 Å². The molecular weight excluding hydrogens is 252 g/mol. The summed E-state index contributed by atoms with van der Waals surface area (Å²) in [5.74, 6) is 0.727. The van der Waals surface area contributed by atoms with Gasteiger partial charge in [0.05, 0.1) is 0 Å². The molecule has 0 bridgehead atoms. The second kappa shape index (κ2) is 7.85. The molecule has 2 rings (SSSR count). The molecule has 0 saturated carbocycles. The lowest BCUT2D eigenvalue weighted by molar-refractivity contribution is 0.0952. The Kier molecular flexibility index (Phi) is 5.80. The number of pyridine rings is 1. The number of carbonyl (C=O) groups excluding carboxylic acids is 1. The molecule has 5 nitrogen and oxygen atoms in total. The summed E-state index contributed by atoms with van der Waals surface area (Å²) in [5.41, 5.74) is 0.664. The number of hydrogen-bond acceptors (Lipinski definition) is 4. The number of rotatable bonds is 7. The monoisotopic (exact) mass is 276 g/mol. The highest BCUT2D eigenvalue weighted by molar-refractivity contribution is 5.94.